The fourth-order valence-corrected chi connectivity index (χ4v) is 3.23. The zero-order valence-electron chi connectivity index (χ0n) is 13.6. The second kappa shape index (κ2) is 6.16. The van der Waals surface area contributed by atoms with Gasteiger partial charge in [-0.05, 0) is 24.1 Å². The quantitative estimate of drug-likeness (QED) is 0.926. The van der Waals surface area contributed by atoms with E-state index >= 15 is 0 Å². The molecule has 120 valence electrons. The normalized spacial score (nSPS) is 22.6. The first kappa shape index (κ1) is 14.5. The van der Waals surface area contributed by atoms with Crippen LogP contribution in [-0.2, 0) is 6.54 Å². The Labute approximate surface area is 136 Å². The Bertz CT molecular complexity index is 704. The van der Waals surface area contributed by atoms with Gasteiger partial charge >= 0.3 is 0 Å². The molecule has 2 aliphatic heterocycles. The number of dihydropyridines is 1. The van der Waals surface area contributed by atoms with E-state index in [4.69, 9.17) is 4.99 Å². The fourth-order valence-electron chi connectivity index (χ4n) is 3.23. The van der Waals surface area contributed by atoms with Gasteiger partial charge in [0.1, 0.15) is 11.7 Å². The lowest BCUT2D eigenvalue weighted by Crippen LogP contribution is -2.48. The van der Waals surface area contributed by atoms with Gasteiger partial charge in [-0.1, -0.05) is 25.1 Å². The molecule has 1 atom stereocenters. The van der Waals surface area contributed by atoms with E-state index < -0.39 is 0 Å². The number of fused-ring (bicyclic) bond motifs is 1. The molecule has 0 amide bonds. The van der Waals surface area contributed by atoms with Gasteiger partial charge in [0.2, 0.25) is 0 Å². The van der Waals surface area contributed by atoms with Crippen LogP contribution in [0, 0.1) is 5.92 Å². The molecule has 0 bridgehead atoms. The van der Waals surface area contributed by atoms with Crippen molar-refractivity contribution in [3.05, 3.63) is 42.2 Å². The third kappa shape index (κ3) is 3.15. The molecule has 1 aromatic carbocycles. The summed E-state index contributed by atoms with van der Waals surface area (Å²) in [6.07, 6.45) is 4.45. The number of aromatic nitrogens is 2. The predicted octanol–water partition coefficient (Wildman–Crippen LogP) is 2.28. The molecule has 1 aromatic heterocycles. The van der Waals surface area contributed by atoms with Gasteiger partial charge in [-0.25, -0.2) is 4.98 Å². The highest BCUT2D eigenvalue weighted by Crippen LogP contribution is 2.14. The summed E-state index contributed by atoms with van der Waals surface area (Å²) in [5, 5.41) is 0. The molecular formula is C18H23N5. The summed E-state index contributed by atoms with van der Waals surface area (Å²) in [5.41, 5.74) is 2.17. The van der Waals surface area contributed by atoms with Crippen molar-refractivity contribution in [1.29, 1.82) is 0 Å². The molecule has 3 heterocycles. The second-order valence-electron chi connectivity index (χ2n) is 6.50. The average Bonchev–Trinajstić information content (AvgIpc) is 2.98. The van der Waals surface area contributed by atoms with E-state index in [1.807, 2.05) is 12.1 Å². The van der Waals surface area contributed by atoms with Crippen molar-refractivity contribution in [2.75, 3.05) is 32.7 Å². The maximum absolute atomic E-state index is 4.69. The molecule has 0 aliphatic carbocycles. The van der Waals surface area contributed by atoms with E-state index in [2.05, 4.69) is 51.0 Å². The molecule has 5 heteroatoms. The molecule has 2 aliphatic rings. The number of amidine groups is 1. The number of nitrogens with zero attached hydrogens (tertiary/aromatic N) is 4. The maximum Gasteiger partial charge on any atom is 0.123 e. The Morgan fingerprint density at radius 3 is 2.74 bits per heavy atom. The molecule has 1 unspecified atom stereocenters. The van der Waals surface area contributed by atoms with Crippen molar-refractivity contribution in [2.45, 2.75) is 13.5 Å². The zero-order chi connectivity index (χ0) is 15.6. The van der Waals surface area contributed by atoms with Crippen molar-refractivity contribution in [2.24, 2.45) is 10.9 Å². The van der Waals surface area contributed by atoms with E-state index in [9.17, 15) is 0 Å². The number of aromatic amines is 1. The largest absolute Gasteiger partial charge is 0.354 e. The Morgan fingerprint density at radius 1 is 1.17 bits per heavy atom. The molecule has 0 saturated carbocycles. The van der Waals surface area contributed by atoms with Crippen LogP contribution in [0.1, 0.15) is 12.7 Å². The summed E-state index contributed by atoms with van der Waals surface area (Å²) in [4.78, 5) is 17.7. The van der Waals surface area contributed by atoms with Crippen molar-refractivity contribution in [1.82, 2.24) is 19.8 Å². The van der Waals surface area contributed by atoms with E-state index in [1.165, 1.54) is 0 Å². The summed E-state index contributed by atoms with van der Waals surface area (Å²) in [6, 6.07) is 8.22. The second-order valence-corrected chi connectivity index (χ2v) is 6.50. The minimum absolute atomic E-state index is 0.577. The summed E-state index contributed by atoms with van der Waals surface area (Å²) >= 11 is 0. The molecule has 0 spiro atoms. The Morgan fingerprint density at radius 2 is 2.00 bits per heavy atom. The molecule has 5 nitrogen and oxygen atoms in total. The number of rotatable bonds is 2. The third-order valence-electron chi connectivity index (χ3n) is 4.62. The minimum Gasteiger partial charge on any atom is -0.354 e. The van der Waals surface area contributed by atoms with Crippen LogP contribution in [0.5, 0.6) is 0 Å². The van der Waals surface area contributed by atoms with E-state index in [1.54, 1.807) is 0 Å². The van der Waals surface area contributed by atoms with Crippen molar-refractivity contribution < 1.29 is 0 Å². The van der Waals surface area contributed by atoms with Gasteiger partial charge in [0.15, 0.2) is 0 Å². The molecule has 1 fully saturated rings. The van der Waals surface area contributed by atoms with E-state index in [-0.39, 0.29) is 0 Å². The monoisotopic (exact) mass is 309 g/mol. The topological polar surface area (TPSA) is 47.5 Å². The first-order valence-electron chi connectivity index (χ1n) is 8.41. The molecule has 4 rings (SSSR count). The van der Waals surface area contributed by atoms with Gasteiger partial charge in [0, 0.05) is 32.7 Å². The Hall–Kier alpha value is -2.14. The SMILES string of the molecule is CC1C=CC(N2CCN(Cc3nc4ccccc4[nH]3)CC2)=NC1. The van der Waals surface area contributed by atoms with E-state index in [0.717, 1.165) is 62.0 Å². The van der Waals surface area contributed by atoms with Crippen LogP contribution in [0.25, 0.3) is 11.0 Å². The number of benzene rings is 1. The van der Waals surface area contributed by atoms with Crippen LogP contribution in [0.3, 0.4) is 0 Å². The molecule has 2 aromatic rings. The van der Waals surface area contributed by atoms with Crippen LogP contribution in [-0.4, -0.2) is 58.3 Å². The van der Waals surface area contributed by atoms with Gasteiger partial charge < -0.3 is 9.88 Å². The van der Waals surface area contributed by atoms with Crippen molar-refractivity contribution >= 4 is 16.9 Å². The predicted molar refractivity (Wildman–Crippen MR) is 93.5 cm³/mol. The highest BCUT2D eigenvalue weighted by atomic mass is 15.3. The van der Waals surface area contributed by atoms with Crippen molar-refractivity contribution in [3.8, 4) is 0 Å². The standard InChI is InChI=1S/C18H23N5/c1-14-6-7-18(19-12-14)23-10-8-22(9-11-23)13-17-20-15-4-2-3-5-16(15)21-17/h2-7,14H,8-13H2,1H3,(H,20,21). The molecular weight excluding hydrogens is 286 g/mol. The fraction of sp³-hybridized carbons (Fsp3) is 0.444. The number of imidazole rings is 1. The summed E-state index contributed by atoms with van der Waals surface area (Å²) < 4.78 is 0. The number of piperazine rings is 1. The van der Waals surface area contributed by atoms with Gasteiger partial charge in [0.05, 0.1) is 17.6 Å². The number of nitrogens with one attached hydrogen (secondary N) is 1. The Balaban J connectivity index is 1.35. The van der Waals surface area contributed by atoms with Gasteiger partial charge in [-0.15, -0.1) is 0 Å². The lowest BCUT2D eigenvalue weighted by Gasteiger charge is -2.36. The third-order valence-corrected chi connectivity index (χ3v) is 4.62. The average molecular weight is 309 g/mol. The van der Waals surface area contributed by atoms with E-state index in [0.29, 0.717) is 5.92 Å². The highest BCUT2D eigenvalue weighted by molar-refractivity contribution is 5.93. The molecule has 1 N–H and O–H groups in total. The van der Waals surface area contributed by atoms with Gasteiger partial charge in [0.25, 0.3) is 0 Å². The number of hydrogen-bond acceptors (Lipinski definition) is 4. The zero-order valence-corrected chi connectivity index (χ0v) is 13.6. The molecule has 1 saturated heterocycles. The Kier molecular flexibility index (Phi) is 3.87. The van der Waals surface area contributed by atoms with Gasteiger partial charge in [-0.2, -0.15) is 0 Å². The van der Waals surface area contributed by atoms with Crippen LogP contribution in [0.4, 0.5) is 0 Å². The summed E-state index contributed by atoms with van der Waals surface area (Å²) in [5.74, 6) is 2.79. The lowest BCUT2D eigenvalue weighted by molar-refractivity contribution is 0.172. The molecule has 23 heavy (non-hydrogen) atoms. The number of aliphatic imine (C=N–C) groups is 1. The van der Waals surface area contributed by atoms with Gasteiger partial charge in [-0.3, -0.25) is 9.89 Å². The molecule has 0 radical (unpaired) electrons. The van der Waals surface area contributed by atoms with Crippen LogP contribution >= 0.6 is 0 Å². The lowest BCUT2D eigenvalue weighted by atomic mass is 10.1. The number of hydrogen-bond donors (Lipinski definition) is 1. The number of para-hydroxylation sites is 2. The summed E-state index contributed by atoms with van der Waals surface area (Å²) in [6.45, 7) is 8.21. The van der Waals surface area contributed by atoms with Crippen molar-refractivity contribution in [3.63, 3.8) is 0 Å². The maximum atomic E-state index is 4.69. The highest BCUT2D eigenvalue weighted by Gasteiger charge is 2.20. The minimum atomic E-state index is 0.577. The summed E-state index contributed by atoms with van der Waals surface area (Å²) in [7, 11) is 0. The first-order valence-corrected chi connectivity index (χ1v) is 8.41. The smallest absolute Gasteiger partial charge is 0.123 e. The van der Waals surface area contributed by atoms with Crippen LogP contribution < -0.4 is 0 Å². The first-order chi connectivity index (χ1) is 11.3. The van der Waals surface area contributed by atoms with Crippen LogP contribution in [0.15, 0.2) is 41.4 Å². The number of H-pyrrole nitrogens is 1. The van der Waals surface area contributed by atoms with Crippen LogP contribution in [0.2, 0.25) is 0 Å².